The summed E-state index contributed by atoms with van der Waals surface area (Å²) in [4.78, 5) is 7.11. The lowest BCUT2D eigenvalue weighted by atomic mass is 10.0. The molecule has 0 bridgehead atoms. The number of para-hydroxylation sites is 1. The number of nitrogens with one attached hydrogen (secondary N) is 1. The number of ether oxygens (including phenoxy) is 2. The van der Waals surface area contributed by atoms with E-state index in [1.807, 2.05) is 18.3 Å². The van der Waals surface area contributed by atoms with E-state index in [9.17, 15) is 0 Å². The number of benzene rings is 1. The van der Waals surface area contributed by atoms with Crippen molar-refractivity contribution in [2.45, 2.75) is 32.2 Å². The molecule has 3 rings (SSSR count). The number of anilines is 1. The molecule has 1 aromatic carbocycles. The lowest BCUT2D eigenvalue weighted by Gasteiger charge is -2.33. The second-order valence-electron chi connectivity index (χ2n) is 6.78. The largest absolute Gasteiger partial charge is 0.494 e. The topological polar surface area (TPSA) is 46.6 Å². The van der Waals surface area contributed by atoms with Crippen LogP contribution in [-0.2, 0) is 4.74 Å². The molecule has 25 heavy (non-hydrogen) atoms. The zero-order valence-electron chi connectivity index (χ0n) is 15.5. The van der Waals surface area contributed by atoms with Gasteiger partial charge < -0.3 is 19.7 Å². The van der Waals surface area contributed by atoms with Crippen LogP contribution < -0.4 is 10.1 Å². The third kappa shape index (κ3) is 4.22. The first-order chi connectivity index (χ1) is 12.2. The molecule has 1 aliphatic rings. The smallest absolute Gasteiger partial charge is 0.145 e. The van der Waals surface area contributed by atoms with E-state index in [2.05, 4.69) is 28.2 Å². The molecular formula is C20H29N3O2. The molecule has 1 saturated heterocycles. The van der Waals surface area contributed by atoms with Gasteiger partial charge in [-0.1, -0.05) is 12.1 Å². The first-order valence-electron chi connectivity index (χ1n) is 9.13. The Morgan fingerprint density at radius 1 is 1.24 bits per heavy atom. The Bertz CT molecular complexity index is 697. The number of aryl methyl sites for hydroxylation is 1. The van der Waals surface area contributed by atoms with E-state index in [0.717, 1.165) is 49.3 Å². The van der Waals surface area contributed by atoms with Crippen molar-refractivity contribution in [3.05, 3.63) is 30.0 Å². The van der Waals surface area contributed by atoms with Gasteiger partial charge in [-0.3, -0.25) is 4.98 Å². The maximum Gasteiger partial charge on any atom is 0.145 e. The molecule has 0 spiro atoms. The van der Waals surface area contributed by atoms with Crippen molar-refractivity contribution in [1.82, 2.24) is 9.88 Å². The molecule has 2 heterocycles. The zero-order valence-corrected chi connectivity index (χ0v) is 15.5. The summed E-state index contributed by atoms with van der Waals surface area (Å²) in [5, 5.41) is 4.92. The normalized spacial score (nSPS) is 16.3. The first kappa shape index (κ1) is 18.0. The van der Waals surface area contributed by atoms with Gasteiger partial charge >= 0.3 is 0 Å². The molecule has 5 heteroatoms. The van der Waals surface area contributed by atoms with Gasteiger partial charge in [0, 0.05) is 56.7 Å². The van der Waals surface area contributed by atoms with E-state index in [0.29, 0.717) is 6.04 Å². The Morgan fingerprint density at radius 2 is 2.04 bits per heavy atom. The lowest BCUT2D eigenvalue weighted by Crippen LogP contribution is -2.39. The number of aromatic nitrogens is 1. The summed E-state index contributed by atoms with van der Waals surface area (Å²) in [6.45, 7) is 6.39. The van der Waals surface area contributed by atoms with E-state index in [4.69, 9.17) is 9.47 Å². The van der Waals surface area contributed by atoms with Crippen molar-refractivity contribution in [3.8, 4) is 5.75 Å². The van der Waals surface area contributed by atoms with Crippen molar-refractivity contribution >= 4 is 16.6 Å². The van der Waals surface area contributed by atoms with E-state index < -0.39 is 0 Å². The Balaban J connectivity index is 1.69. The fourth-order valence-electron chi connectivity index (χ4n) is 3.59. The van der Waals surface area contributed by atoms with Crippen LogP contribution in [0.3, 0.4) is 0 Å². The molecule has 0 saturated carbocycles. The average molecular weight is 343 g/mol. The molecule has 0 atom stereocenters. The number of nitrogens with zero attached hydrogens (tertiary/aromatic N) is 2. The fraction of sp³-hybridized carbons (Fsp3) is 0.550. The molecule has 5 nitrogen and oxygen atoms in total. The molecular weight excluding hydrogens is 314 g/mol. The second-order valence-corrected chi connectivity index (χ2v) is 6.78. The number of piperidine rings is 1. The third-order valence-electron chi connectivity index (χ3n) is 5.03. The molecule has 1 fully saturated rings. The van der Waals surface area contributed by atoms with Crippen LogP contribution in [0.5, 0.6) is 5.75 Å². The molecule has 1 N–H and O–H groups in total. The molecule has 0 unspecified atom stereocenters. The Morgan fingerprint density at radius 3 is 2.76 bits per heavy atom. The van der Waals surface area contributed by atoms with Gasteiger partial charge in [0.25, 0.3) is 0 Å². The van der Waals surface area contributed by atoms with E-state index in [-0.39, 0.29) is 0 Å². The Labute approximate surface area is 150 Å². The van der Waals surface area contributed by atoms with E-state index in [1.54, 1.807) is 14.2 Å². The molecule has 136 valence electrons. The van der Waals surface area contributed by atoms with Gasteiger partial charge in [0.15, 0.2) is 0 Å². The van der Waals surface area contributed by atoms with Gasteiger partial charge in [-0.25, -0.2) is 0 Å². The SMILES string of the molecule is COCCCN1CCC(Nc2c(C)cnc3c(OC)cccc23)CC1. The number of hydrogen-bond acceptors (Lipinski definition) is 5. The minimum atomic E-state index is 0.508. The summed E-state index contributed by atoms with van der Waals surface area (Å²) in [5.41, 5.74) is 3.31. The van der Waals surface area contributed by atoms with Crippen LogP contribution in [0.4, 0.5) is 5.69 Å². The van der Waals surface area contributed by atoms with E-state index >= 15 is 0 Å². The predicted octanol–water partition coefficient (Wildman–Crippen LogP) is 3.46. The van der Waals surface area contributed by atoms with Crippen molar-refractivity contribution in [2.75, 3.05) is 45.8 Å². The monoisotopic (exact) mass is 343 g/mol. The van der Waals surface area contributed by atoms with Crippen molar-refractivity contribution < 1.29 is 9.47 Å². The minimum Gasteiger partial charge on any atom is -0.494 e. The van der Waals surface area contributed by atoms with Crippen LogP contribution in [0.25, 0.3) is 10.9 Å². The fourth-order valence-corrected chi connectivity index (χ4v) is 3.59. The van der Waals surface area contributed by atoms with Gasteiger partial charge in [0.05, 0.1) is 7.11 Å². The second kappa shape index (κ2) is 8.50. The molecule has 1 aromatic heterocycles. The Kier molecular flexibility index (Phi) is 6.10. The predicted molar refractivity (Wildman–Crippen MR) is 103 cm³/mol. The van der Waals surface area contributed by atoms with Gasteiger partial charge in [-0.2, -0.15) is 0 Å². The molecule has 0 amide bonds. The number of rotatable bonds is 7. The van der Waals surface area contributed by atoms with Crippen LogP contribution in [-0.4, -0.2) is 56.4 Å². The summed E-state index contributed by atoms with van der Waals surface area (Å²) < 4.78 is 10.6. The van der Waals surface area contributed by atoms with Crippen molar-refractivity contribution in [1.29, 1.82) is 0 Å². The van der Waals surface area contributed by atoms with Gasteiger partial charge in [-0.15, -0.1) is 0 Å². The minimum absolute atomic E-state index is 0.508. The van der Waals surface area contributed by atoms with Crippen LogP contribution >= 0.6 is 0 Å². The quantitative estimate of drug-likeness (QED) is 0.780. The number of pyridine rings is 1. The summed E-state index contributed by atoms with van der Waals surface area (Å²) in [5.74, 6) is 0.827. The highest BCUT2D eigenvalue weighted by atomic mass is 16.5. The number of methoxy groups -OCH3 is 2. The number of hydrogen-bond donors (Lipinski definition) is 1. The van der Waals surface area contributed by atoms with Crippen LogP contribution in [0, 0.1) is 6.92 Å². The number of likely N-dealkylation sites (tertiary alicyclic amines) is 1. The van der Waals surface area contributed by atoms with E-state index in [1.165, 1.54) is 24.1 Å². The highest BCUT2D eigenvalue weighted by Gasteiger charge is 2.20. The maximum absolute atomic E-state index is 5.47. The highest BCUT2D eigenvalue weighted by molar-refractivity contribution is 5.96. The molecule has 0 aliphatic carbocycles. The Hall–Kier alpha value is -1.85. The van der Waals surface area contributed by atoms with Gasteiger partial charge in [0.1, 0.15) is 11.3 Å². The summed E-state index contributed by atoms with van der Waals surface area (Å²) in [6, 6.07) is 6.63. The summed E-state index contributed by atoms with van der Waals surface area (Å²) in [7, 11) is 3.47. The summed E-state index contributed by atoms with van der Waals surface area (Å²) in [6.07, 6.45) is 5.38. The molecule has 2 aromatic rings. The highest BCUT2D eigenvalue weighted by Crippen LogP contribution is 2.32. The average Bonchev–Trinajstić information content (AvgIpc) is 2.65. The maximum atomic E-state index is 5.47. The molecule has 1 aliphatic heterocycles. The van der Waals surface area contributed by atoms with Crippen LogP contribution in [0.2, 0.25) is 0 Å². The standard InChI is InChI=1S/C20H29N3O2/c1-15-14-21-20-17(6-4-7-18(20)25-3)19(15)22-16-8-11-23(12-9-16)10-5-13-24-2/h4,6-7,14,16H,5,8-13H2,1-3H3,(H,21,22). The van der Waals surface area contributed by atoms with Gasteiger partial charge in [-0.05, 0) is 37.8 Å². The molecule has 0 radical (unpaired) electrons. The summed E-state index contributed by atoms with van der Waals surface area (Å²) >= 11 is 0. The third-order valence-corrected chi connectivity index (χ3v) is 5.03. The number of fused-ring (bicyclic) bond motifs is 1. The van der Waals surface area contributed by atoms with Crippen molar-refractivity contribution in [2.24, 2.45) is 0 Å². The van der Waals surface area contributed by atoms with Gasteiger partial charge in [0.2, 0.25) is 0 Å². The zero-order chi connectivity index (χ0) is 17.6. The lowest BCUT2D eigenvalue weighted by molar-refractivity contribution is 0.159. The van der Waals surface area contributed by atoms with Crippen LogP contribution in [0.15, 0.2) is 24.4 Å². The van der Waals surface area contributed by atoms with Crippen LogP contribution in [0.1, 0.15) is 24.8 Å². The van der Waals surface area contributed by atoms with Crippen molar-refractivity contribution in [3.63, 3.8) is 0 Å². The first-order valence-corrected chi connectivity index (χ1v) is 9.13.